The molecule has 22 heavy (non-hydrogen) atoms. The monoisotopic (exact) mass is 327 g/mol. The van der Waals surface area contributed by atoms with Crippen molar-refractivity contribution in [3.05, 3.63) is 24.3 Å². The van der Waals surface area contributed by atoms with E-state index in [0.29, 0.717) is 25.3 Å². The molecule has 0 bridgehead atoms. The number of hydrogen-bond acceptors (Lipinski definition) is 4. The first-order valence-electron chi connectivity index (χ1n) is 7.00. The first kappa shape index (κ1) is 18.3. The minimum absolute atomic E-state index is 0. The summed E-state index contributed by atoms with van der Waals surface area (Å²) in [5.41, 5.74) is 6.25. The lowest BCUT2D eigenvalue weighted by Gasteiger charge is -2.18. The number of methoxy groups -OCH3 is 1. The van der Waals surface area contributed by atoms with Crippen LogP contribution >= 0.6 is 12.4 Å². The molecule has 6 nitrogen and oxygen atoms in total. The molecule has 0 radical (unpaired) electrons. The molecule has 0 aromatic heterocycles. The maximum Gasteiger partial charge on any atom is 0.229 e. The Morgan fingerprint density at radius 2 is 2.27 bits per heavy atom. The number of rotatable bonds is 5. The molecule has 3 N–H and O–H groups in total. The van der Waals surface area contributed by atoms with Gasteiger partial charge in [-0.2, -0.15) is 0 Å². The van der Waals surface area contributed by atoms with Gasteiger partial charge in [-0.25, -0.2) is 0 Å². The van der Waals surface area contributed by atoms with Crippen molar-refractivity contribution in [2.24, 2.45) is 11.7 Å². The van der Waals surface area contributed by atoms with Gasteiger partial charge in [0.25, 0.3) is 0 Å². The lowest BCUT2D eigenvalue weighted by atomic mass is 10.1. The largest absolute Gasteiger partial charge is 0.497 e. The quantitative estimate of drug-likeness (QED) is 0.842. The summed E-state index contributed by atoms with van der Waals surface area (Å²) in [4.78, 5) is 25.6. The maximum atomic E-state index is 12.1. The molecule has 2 rings (SSSR count). The van der Waals surface area contributed by atoms with Gasteiger partial charge in [-0.15, -0.1) is 12.4 Å². The lowest BCUT2D eigenvalue weighted by molar-refractivity contribution is -0.124. The highest BCUT2D eigenvalue weighted by Crippen LogP contribution is 2.25. The van der Waals surface area contributed by atoms with Crippen LogP contribution in [0.2, 0.25) is 0 Å². The molecular weight excluding hydrogens is 306 g/mol. The smallest absolute Gasteiger partial charge is 0.229 e. The first-order valence-corrected chi connectivity index (χ1v) is 7.00. The zero-order chi connectivity index (χ0) is 15.4. The van der Waals surface area contributed by atoms with Crippen LogP contribution in [0.5, 0.6) is 5.75 Å². The van der Waals surface area contributed by atoms with Crippen molar-refractivity contribution in [2.75, 3.05) is 25.1 Å². The molecule has 2 atom stereocenters. The molecule has 7 heteroatoms. The van der Waals surface area contributed by atoms with Gasteiger partial charge in [0, 0.05) is 37.2 Å². The van der Waals surface area contributed by atoms with Gasteiger partial charge in [-0.1, -0.05) is 13.0 Å². The van der Waals surface area contributed by atoms with Crippen molar-refractivity contribution in [3.63, 3.8) is 0 Å². The second kappa shape index (κ2) is 8.00. The minimum Gasteiger partial charge on any atom is -0.497 e. The van der Waals surface area contributed by atoms with Crippen LogP contribution in [0.25, 0.3) is 0 Å². The molecule has 1 aromatic carbocycles. The Morgan fingerprint density at radius 3 is 2.91 bits per heavy atom. The zero-order valence-corrected chi connectivity index (χ0v) is 13.6. The highest BCUT2D eigenvalue weighted by molar-refractivity contribution is 5.97. The molecular formula is C15H22ClN3O3. The molecule has 1 aliphatic heterocycles. The zero-order valence-electron chi connectivity index (χ0n) is 12.7. The molecule has 0 spiro atoms. The topological polar surface area (TPSA) is 84.7 Å². The number of nitrogens with one attached hydrogen (secondary N) is 1. The van der Waals surface area contributed by atoms with E-state index in [0.717, 1.165) is 5.69 Å². The van der Waals surface area contributed by atoms with E-state index < -0.39 is 0 Å². The van der Waals surface area contributed by atoms with Gasteiger partial charge in [0.2, 0.25) is 11.8 Å². The second-order valence-electron chi connectivity index (χ2n) is 5.25. The van der Waals surface area contributed by atoms with Gasteiger partial charge in [0.15, 0.2) is 0 Å². The molecule has 2 amide bonds. The van der Waals surface area contributed by atoms with E-state index in [9.17, 15) is 9.59 Å². The average molecular weight is 328 g/mol. The summed E-state index contributed by atoms with van der Waals surface area (Å²) in [7, 11) is 1.59. The predicted octanol–water partition coefficient (Wildman–Crippen LogP) is 0.933. The van der Waals surface area contributed by atoms with Gasteiger partial charge in [-0.3, -0.25) is 9.59 Å². The van der Waals surface area contributed by atoms with Gasteiger partial charge in [-0.05, 0) is 12.1 Å². The Kier molecular flexibility index (Phi) is 6.64. The van der Waals surface area contributed by atoms with Crippen LogP contribution in [0.4, 0.5) is 5.69 Å². The van der Waals surface area contributed by atoms with Crippen LogP contribution < -0.4 is 20.7 Å². The number of carbonyl (C=O) groups excluding carboxylic acids is 2. The van der Waals surface area contributed by atoms with Crippen molar-refractivity contribution in [1.82, 2.24) is 5.32 Å². The van der Waals surface area contributed by atoms with Crippen LogP contribution in [-0.2, 0) is 9.59 Å². The number of nitrogens with two attached hydrogens (primary N) is 1. The van der Waals surface area contributed by atoms with Crippen molar-refractivity contribution >= 4 is 29.9 Å². The number of benzene rings is 1. The number of carbonyl (C=O) groups is 2. The lowest BCUT2D eigenvalue weighted by Crippen LogP contribution is -2.41. The van der Waals surface area contributed by atoms with E-state index in [1.54, 1.807) is 18.9 Å². The maximum absolute atomic E-state index is 12.1. The number of anilines is 1. The van der Waals surface area contributed by atoms with Gasteiger partial charge in [0.1, 0.15) is 5.75 Å². The van der Waals surface area contributed by atoms with E-state index >= 15 is 0 Å². The molecule has 1 aliphatic rings. The molecule has 1 saturated heterocycles. The van der Waals surface area contributed by atoms with Gasteiger partial charge in [0.05, 0.1) is 13.2 Å². The fourth-order valence-corrected chi connectivity index (χ4v) is 2.28. The average Bonchev–Trinajstić information content (AvgIpc) is 2.86. The number of hydrogen-bond donors (Lipinski definition) is 2. The highest BCUT2D eigenvalue weighted by atomic mass is 35.5. The molecule has 0 aliphatic carbocycles. The normalized spacial score (nSPS) is 18.6. The third kappa shape index (κ3) is 4.11. The Bertz CT molecular complexity index is 539. The molecule has 2 unspecified atom stereocenters. The van der Waals surface area contributed by atoms with E-state index in [-0.39, 0.29) is 36.2 Å². The van der Waals surface area contributed by atoms with Gasteiger partial charge >= 0.3 is 0 Å². The predicted molar refractivity (Wildman–Crippen MR) is 87.4 cm³/mol. The van der Waals surface area contributed by atoms with Crippen LogP contribution in [-0.4, -0.2) is 38.1 Å². The van der Waals surface area contributed by atoms with Crippen molar-refractivity contribution in [3.8, 4) is 5.75 Å². The van der Waals surface area contributed by atoms with Gasteiger partial charge < -0.3 is 20.7 Å². The third-order valence-corrected chi connectivity index (χ3v) is 3.64. The summed E-state index contributed by atoms with van der Waals surface area (Å²) in [6.45, 7) is 2.53. The van der Waals surface area contributed by atoms with E-state index in [4.69, 9.17) is 10.5 Å². The van der Waals surface area contributed by atoms with E-state index in [1.165, 1.54) is 0 Å². The Labute approximate surface area is 136 Å². The van der Waals surface area contributed by atoms with Crippen molar-refractivity contribution in [1.29, 1.82) is 0 Å². The van der Waals surface area contributed by atoms with Crippen molar-refractivity contribution < 1.29 is 14.3 Å². The fraction of sp³-hybridized carbons (Fsp3) is 0.467. The Balaban J connectivity index is 0.00000242. The molecule has 122 valence electrons. The number of ether oxygens (including phenoxy) is 1. The molecule has 1 fully saturated rings. The van der Waals surface area contributed by atoms with Crippen LogP contribution in [0.3, 0.4) is 0 Å². The summed E-state index contributed by atoms with van der Waals surface area (Å²) in [5.74, 6) is 0.340. The van der Waals surface area contributed by atoms with Crippen molar-refractivity contribution in [2.45, 2.75) is 19.4 Å². The fourth-order valence-electron chi connectivity index (χ4n) is 2.28. The van der Waals surface area contributed by atoms with Crippen LogP contribution in [0.1, 0.15) is 13.3 Å². The standard InChI is InChI=1S/C15H21N3O3.ClH/c1-10(8-16)15(20)17-11-6-14(19)18(9-11)12-4-3-5-13(7-12)21-2;/h3-5,7,10-11H,6,8-9,16H2,1-2H3,(H,17,20);1H. The summed E-state index contributed by atoms with van der Waals surface area (Å²) in [6, 6.07) is 7.15. The Hall–Kier alpha value is -1.79. The third-order valence-electron chi connectivity index (χ3n) is 3.64. The van der Waals surface area contributed by atoms with Crippen LogP contribution in [0.15, 0.2) is 24.3 Å². The van der Waals surface area contributed by atoms with E-state index in [2.05, 4.69) is 5.32 Å². The summed E-state index contributed by atoms with van der Waals surface area (Å²) in [5, 5.41) is 2.88. The van der Waals surface area contributed by atoms with E-state index in [1.807, 2.05) is 24.3 Å². The first-order chi connectivity index (χ1) is 10.0. The highest BCUT2D eigenvalue weighted by Gasteiger charge is 2.32. The number of nitrogens with zero attached hydrogens (tertiary/aromatic N) is 1. The SMILES string of the molecule is COc1cccc(N2CC(NC(=O)C(C)CN)CC2=O)c1.Cl. The summed E-state index contributed by atoms with van der Waals surface area (Å²) in [6.07, 6.45) is 0.306. The Morgan fingerprint density at radius 1 is 1.55 bits per heavy atom. The summed E-state index contributed by atoms with van der Waals surface area (Å²) >= 11 is 0. The van der Waals surface area contributed by atoms with Crippen LogP contribution in [0, 0.1) is 5.92 Å². The number of amides is 2. The molecule has 1 aromatic rings. The molecule has 0 saturated carbocycles. The second-order valence-corrected chi connectivity index (χ2v) is 5.25. The molecule has 1 heterocycles. The summed E-state index contributed by atoms with van der Waals surface area (Å²) < 4.78 is 5.17. The number of halogens is 1. The minimum atomic E-state index is -0.244.